The highest BCUT2D eigenvalue weighted by Crippen LogP contribution is 1.91. The molecule has 0 aliphatic carbocycles. The molecule has 0 aliphatic rings. The summed E-state index contributed by atoms with van der Waals surface area (Å²) in [5, 5.41) is 9.67. The van der Waals surface area contributed by atoms with E-state index in [0.717, 1.165) is 10.8 Å². The average molecular weight is 101 g/mol. The Labute approximate surface area is 44.0 Å². The van der Waals surface area contributed by atoms with Crippen molar-refractivity contribution in [1.29, 1.82) is 0 Å². The van der Waals surface area contributed by atoms with Gasteiger partial charge in [0.25, 0.3) is 0 Å². The van der Waals surface area contributed by atoms with Gasteiger partial charge in [-0.15, -0.1) is 0 Å². The van der Waals surface area contributed by atoms with E-state index in [-0.39, 0.29) is 0 Å². The average Bonchev–Trinajstić information content (AvgIpc) is 1.65. The van der Waals surface area contributed by atoms with Crippen LogP contribution in [0, 0.1) is 0 Å². The molecule has 0 fully saturated rings. The number of nitrogens with zero attached hydrogens (tertiary/aromatic N) is 1. The molecular weight excluding hydrogens is 90.1 g/mol. The van der Waals surface area contributed by atoms with Crippen molar-refractivity contribution in [3.05, 3.63) is 11.8 Å². The van der Waals surface area contributed by atoms with Crippen molar-refractivity contribution in [2.45, 2.75) is 13.8 Å². The van der Waals surface area contributed by atoms with Gasteiger partial charge in [-0.25, -0.2) is 0 Å². The lowest BCUT2D eigenvalue weighted by Gasteiger charge is -2.07. The lowest BCUT2D eigenvalue weighted by atomic mass is 10.5. The van der Waals surface area contributed by atoms with Crippen LogP contribution in [0.3, 0.4) is 0 Å². The van der Waals surface area contributed by atoms with Crippen LogP contribution in [0.4, 0.5) is 0 Å². The van der Waals surface area contributed by atoms with Crippen LogP contribution >= 0.6 is 0 Å². The maximum atomic E-state index is 8.59. The Kier molecular flexibility index (Phi) is 2.45. The number of hydrogen-bond acceptors (Lipinski definition) is 2. The normalized spacial score (nSPS) is 11.7. The van der Waals surface area contributed by atoms with Crippen molar-refractivity contribution >= 4 is 0 Å². The fraction of sp³-hybridized carbons (Fsp3) is 0.600. The molecule has 0 bridgehead atoms. The first kappa shape index (κ1) is 6.50. The Morgan fingerprint density at radius 1 is 1.71 bits per heavy atom. The van der Waals surface area contributed by atoms with Gasteiger partial charge >= 0.3 is 0 Å². The van der Waals surface area contributed by atoms with Gasteiger partial charge in [0.05, 0.1) is 0 Å². The van der Waals surface area contributed by atoms with E-state index >= 15 is 0 Å². The van der Waals surface area contributed by atoms with Gasteiger partial charge in [0.2, 0.25) is 0 Å². The number of allylic oxidation sites excluding steroid dienone is 2. The minimum Gasteiger partial charge on any atom is -0.289 e. The third-order valence-electron chi connectivity index (χ3n) is 0.928. The van der Waals surface area contributed by atoms with E-state index in [1.807, 2.05) is 19.9 Å². The van der Waals surface area contributed by atoms with Crippen LogP contribution in [0.25, 0.3) is 0 Å². The summed E-state index contributed by atoms with van der Waals surface area (Å²) in [6, 6.07) is 0. The number of rotatable bonds is 1. The second-order valence-electron chi connectivity index (χ2n) is 1.45. The third-order valence-corrected chi connectivity index (χ3v) is 0.928. The maximum absolute atomic E-state index is 8.59. The Hall–Kier alpha value is -0.500. The zero-order chi connectivity index (χ0) is 5.86. The second-order valence-corrected chi connectivity index (χ2v) is 1.45. The van der Waals surface area contributed by atoms with Gasteiger partial charge in [0, 0.05) is 12.7 Å². The number of hydrogen-bond donors (Lipinski definition) is 1. The summed E-state index contributed by atoms with van der Waals surface area (Å²) in [5.74, 6) is 0. The fourth-order valence-corrected chi connectivity index (χ4v) is 0.187. The molecule has 0 saturated heterocycles. The monoisotopic (exact) mass is 101 g/mol. The third kappa shape index (κ3) is 2.23. The molecule has 0 radical (unpaired) electrons. The Morgan fingerprint density at radius 3 is 2.14 bits per heavy atom. The largest absolute Gasteiger partial charge is 0.289 e. The van der Waals surface area contributed by atoms with Crippen LogP contribution < -0.4 is 0 Å². The zero-order valence-electron chi connectivity index (χ0n) is 4.97. The van der Waals surface area contributed by atoms with Crippen LogP contribution in [0.2, 0.25) is 0 Å². The van der Waals surface area contributed by atoms with Crippen molar-refractivity contribution in [3.8, 4) is 0 Å². The molecular formula is C5H11NO. The summed E-state index contributed by atoms with van der Waals surface area (Å²) in [6.07, 6.45) is 1.83. The van der Waals surface area contributed by atoms with Gasteiger partial charge in [-0.3, -0.25) is 10.3 Å². The quantitative estimate of drug-likeness (QED) is 0.502. The molecule has 0 rings (SSSR count). The Bertz CT molecular complexity index is 76.1. The van der Waals surface area contributed by atoms with Crippen molar-refractivity contribution in [2.75, 3.05) is 7.05 Å². The summed E-state index contributed by atoms with van der Waals surface area (Å²) in [7, 11) is 1.59. The van der Waals surface area contributed by atoms with Crippen LogP contribution in [0.15, 0.2) is 11.8 Å². The lowest BCUT2D eigenvalue weighted by Crippen LogP contribution is -2.08. The summed E-state index contributed by atoms with van der Waals surface area (Å²) < 4.78 is 0. The topological polar surface area (TPSA) is 23.5 Å². The summed E-state index contributed by atoms with van der Waals surface area (Å²) in [6.45, 7) is 3.71. The van der Waals surface area contributed by atoms with Crippen LogP contribution in [0.5, 0.6) is 0 Å². The molecule has 42 valence electrons. The van der Waals surface area contributed by atoms with E-state index < -0.39 is 0 Å². The number of hydroxylamine groups is 2. The lowest BCUT2D eigenvalue weighted by molar-refractivity contribution is -0.0279. The molecule has 0 aliphatic heterocycles. The minimum atomic E-state index is 0.861. The summed E-state index contributed by atoms with van der Waals surface area (Å²) >= 11 is 0. The summed E-state index contributed by atoms with van der Waals surface area (Å²) in [5.41, 5.74) is 0.861. The molecule has 0 spiro atoms. The van der Waals surface area contributed by atoms with Gasteiger partial charge < -0.3 is 0 Å². The van der Waals surface area contributed by atoms with Gasteiger partial charge in [-0.2, -0.15) is 0 Å². The molecule has 2 heteroatoms. The van der Waals surface area contributed by atoms with Gasteiger partial charge in [0.1, 0.15) is 0 Å². The Morgan fingerprint density at radius 2 is 2.14 bits per heavy atom. The van der Waals surface area contributed by atoms with Crippen molar-refractivity contribution in [1.82, 2.24) is 5.06 Å². The predicted molar refractivity (Wildman–Crippen MR) is 29.0 cm³/mol. The van der Waals surface area contributed by atoms with E-state index in [0.29, 0.717) is 0 Å². The molecule has 0 aromatic carbocycles. The van der Waals surface area contributed by atoms with E-state index in [2.05, 4.69) is 0 Å². The van der Waals surface area contributed by atoms with Gasteiger partial charge in [-0.1, -0.05) is 6.08 Å². The van der Waals surface area contributed by atoms with E-state index in [1.165, 1.54) is 0 Å². The van der Waals surface area contributed by atoms with Crippen LogP contribution in [-0.2, 0) is 0 Å². The van der Waals surface area contributed by atoms with E-state index in [9.17, 15) is 0 Å². The molecule has 0 saturated carbocycles. The van der Waals surface area contributed by atoms with Gasteiger partial charge in [0.15, 0.2) is 0 Å². The van der Waals surface area contributed by atoms with Crippen LogP contribution in [0.1, 0.15) is 13.8 Å². The molecule has 2 nitrogen and oxygen atoms in total. The van der Waals surface area contributed by atoms with Crippen LogP contribution in [-0.4, -0.2) is 17.3 Å². The molecule has 0 aromatic heterocycles. The highest BCUT2D eigenvalue weighted by Gasteiger charge is 1.85. The molecule has 1 N–H and O–H groups in total. The molecule has 0 atom stereocenters. The van der Waals surface area contributed by atoms with Crippen molar-refractivity contribution in [3.63, 3.8) is 0 Å². The van der Waals surface area contributed by atoms with Gasteiger partial charge in [-0.05, 0) is 13.8 Å². The Balaban J connectivity index is 3.56. The smallest absolute Gasteiger partial charge is 0.0337 e. The summed E-state index contributed by atoms with van der Waals surface area (Å²) in [4.78, 5) is 0. The molecule has 0 heterocycles. The van der Waals surface area contributed by atoms with Crippen molar-refractivity contribution < 1.29 is 5.21 Å². The molecule has 0 amide bonds. The van der Waals surface area contributed by atoms with E-state index in [4.69, 9.17) is 5.21 Å². The highest BCUT2D eigenvalue weighted by molar-refractivity contribution is 4.89. The molecule has 0 unspecified atom stereocenters. The van der Waals surface area contributed by atoms with Crippen molar-refractivity contribution in [2.24, 2.45) is 0 Å². The first-order chi connectivity index (χ1) is 3.18. The first-order valence-electron chi connectivity index (χ1n) is 2.24. The maximum Gasteiger partial charge on any atom is 0.0337 e. The SMILES string of the molecule is CC=C(C)N(C)O. The second kappa shape index (κ2) is 2.64. The zero-order valence-corrected chi connectivity index (χ0v) is 4.97. The molecule has 0 aromatic rings. The van der Waals surface area contributed by atoms with E-state index in [1.54, 1.807) is 7.05 Å². The molecule has 7 heavy (non-hydrogen) atoms. The predicted octanol–water partition coefficient (Wildman–Crippen LogP) is 1.23. The fourth-order valence-electron chi connectivity index (χ4n) is 0.187. The standard InChI is InChI=1S/C5H11NO/c1-4-5(2)6(3)7/h4,7H,1-3H3. The highest BCUT2D eigenvalue weighted by atomic mass is 16.5. The minimum absolute atomic E-state index is 0.861. The first-order valence-corrected chi connectivity index (χ1v) is 2.24.